The Kier molecular flexibility index (Phi) is 3.93. The molecule has 0 spiro atoms. The predicted molar refractivity (Wildman–Crippen MR) is 83.0 cm³/mol. The molecule has 3 rings (SSSR count). The first kappa shape index (κ1) is 14.1. The molecule has 2 nitrogen and oxygen atoms in total. The van der Waals surface area contributed by atoms with Crippen molar-refractivity contribution in [2.75, 3.05) is 7.11 Å². The molecule has 0 radical (unpaired) electrons. The molecule has 2 aromatic rings. The molecule has 0 atom stereocenters. The minimum Gasteiger partial charge on any atom is -0.496 e. The highest BCUT2D eigenvalue weighted by Gasteiger charge is 2.20. The van der Waals surface area contributed by atoms with Crippen LogP contribution < -0.4 is 10.1 Å². The highest BCUT2D eigenvalue weighted by Crippen LogP contribution is 2.33. The lowest BCUT2D eigenvalue weighted by molar-refractivity contribution is 0.415. The van der Waals surface area contributed by atoms with Crippen LogP contribution in [0.15, 0.2) is 36.4 Å². The van der Waals surface area contributed by atoms with Gasteiger partial charge in [0.15, 0.2) is 0 Å². The van der Waals surface area contributed by atoms with E-state index in [0.717, 1.165) is 23.2 Å². The molecule has 0 unspecified atom stereocenters. The third kappa shape index (κ3) is 3.24. The first-order valence-electron chi connectivity index (χ1n) is 7.34. The molecule has 0 amide bonds. The quantitative estimate of drug-likeness (QED) is 0.894. The molecule has 0 aliphatic heterocycles. The van der Waals surface area contributed by atoms with Gasteiger partial charge < -0.3 is 10.1 Å². The Morgan fingerprint density at radius 1 is 1.14 bits per heavy atom. The number of halogens is 1. The average molecular weight is 285 g/mol. The Morgan fingerprint density at radius 3 is 2.62 bits per heavy atom. The van der Waals surface area contributed by atoms with Crippen LogP contribution in [0.1, 0.15) is 24.0 Å². The monoisotopic (exact) mass is 285 g/mol. The fourth-order valence-corrected chi connectivity index (χ4v) is 2.58. The van der Waals surface area contributed by atoms with E-state index in [1.807, 2.05) is 0 Å². The van der Waals surface area contributed by atoms with E-state index in [0.29, 0.717) is 11.8 Å². The molecule has 1 aliphatic carbocycles. The molecule has 0 bridgehead atoms. The molecule has 21 heavy (non-hydrogen) atoms. The summed E-state index contributed by atoms with van der Waals surface area (Å²) in [6, 6.07) is 11.6. The molecule has 1 aliphatic rings. The minimum atomic E-state index is -0.246. The van der Waals surface area contributed by atoms with Crippen molar-refractivity contribution in [3.8, 4) is 16.9 Å². The van der Waals surface area contributed by atoms with Gasteiger partial charge >= 0.3 is 0 Å². The maximum atomic E-state index is 13.5. The van der Waals surface area contributed by atoms with Crippen LogP contribution in [0.3, 0.4) is 0 Å². The highest BCUT2D eigenvalue weighted by molar-refractivity contribution is 5.73. The zero-order valence-corrected chi connectivity index (χ0v) is 12.4. The first-order valence-corrected chi connectivity index (χ1v) is 7.34. The topological polar surface area (TPSA) is 21.3 Å². The summed E-state index contributed by atoms with van der Waals surface area (Å²) in [7, 11) is 1.61. The molecule has 0 saturated heterocycles. The highest BCUT2D eigenvalue weighted by atomic mass is 19.1. The number of ether oxygens (including phenoxy) is 1. The molecule has 2 aromatic carbocycles. The average Bonchev–Trinajstić information content (AvgIpc) is 3.29. The van der Waals surface area contributed by atoms with Gasteiger partial charge in [-0.15, -0.1) is 0 Å². The van der Waals surface area contributed by atoms with Crippen LogP contribution in [0.4, 0.5) is 4.39 Å². The van der Waals surface area contributed by atoms with Crippen molar-refractivity contribution in [2.24, 2.45) is 0 Å². The van der Waals surface area contributed by atoms with Crippen LogP contribution in [0.2, 0.25) is 0 Å². The molecule has 3 heteroatoms. The first-order chi connectivity index (χ1) is 10.2. The van der Waals surface area contributed by atoms with Crippen molar-refractivity contribution in [2.45, 2.75) is 32.4 Å². The number of benzene rings is 2. The van der Waals surface area contributed by atoms with E-state index in [2.05, 4.69) is 30.4 Å². The van der Waals surface area contributed by atoms with Crippen molar-refractivity contribution in [3.63, 3.8) is 0 Å². The smallest absolute Gasteiger partial charge is 0.126 e. The molecular formula is C18H20FNO. The van der Waals surface area contributed by atoms with Crippen molar-refractivity contribution < 1.29 is 9.13 Å². The summed E-state index contributed by atoms with van der Waals surface area (Å²) in [5.74, 6) is 0.452. The van der Waals surface area contributed by atoms with Gasteiger partial charge in [-0.2, -0.15) is 0 Å². The van der Waals surface area contributed by atoms with Gasteiger partial charge in [0.05, 0.1) is 7.11 Å². The van der Waals surface area contributed by atoms with Crippen molar-refractivity contribution in [3.05, 3.63) is 53.3 Å². The van der Waals surface area contributed by atoms with Crippen LogP contribution in [0.5, 0.6) is 5.75 Å². The van der Waals surface area contributed by atoms with Gasteiger partial charge in [-0.1, -0.05) is 18.2 Å². The minimum absolute atomic E-state index is 0.246. The van der Waals surface area contributed by atoms with Gasteiger partial charge in [-0.3, -0.25) is 0 Å². The van der Waals surface area contributed by atoms with Crippen LogP contribution in [-0.4, -0.2) is 13.2 Å². The third-order valence-corrected chi connectivity index (χ3v) is 3.91. The van der Waals surface area contributed by atoms with Gasteiger partial charge in [0.1, 0.15) is 11.6 Å². The number of aryl methyl sites for hydroxylation is 1. The van der Waals surface area contributed by atoms with E-state index in [9.17, 15) is 4.39 Å². The Morgan fingerprint density at radius 2 is 1.95 bits per heavy atom. The second-order valence-corrected chi connectivity index (χ2v) is 5.65. The SMILES string of the molecule is COc1ccc(F)cc1-c1ccc(CNC2CC2)cc1C. The van der Waals surface area contributed by atoms with E-state index in [-0.39, 0.29) is 5.82 Å². The fourth-order valence-electron chi connectivity index (χ4n) is 2.58. The van der Waals surface area contributed by atoms with Crippen molar-refractivity contribution in [1.29, 1.82) is 0 Å². The Labute approximate surface area is 125 Å². The van der Waals surface area contributed by atoms with E-state index in [4.69, 9.17) is 4.74 Å². The van der Waals surface area contributed by atoms with Crippen LogP contribution in [-0.2, 0) is 6.54 Å². The van der Waals surface area contributed by atoms with E-state index in [1.54, 1.807) is 13.2 Å². The Bertz CT molecular complexity index is 650. The fraction of sp³-hybridized carbons (Fsp3) is 0.333. The summed E-state index contributed by atoms with van der Waals surface area (Å²) in [4.78, 5) is 0. The van der Waals surface area contributed by atoms with Gasteiger partial charge in [-0.25, -0.2) is 4.39 Å². The molecule has 1 fully saturated rings. The summed E-state index contributed by atoms with van der Waals surface area (Å²) in [6.07, 6.45) is 2.58. The maximum absolute atomic E-state index is 13.5. The lowest BCUT2D eigenvalue weighted by Crippen LogP contribution is -2.15. The molecule has 1 saturated carbocycles. The van der Waals surface area contributed by atoms with Gasteiger partial charge in [-0.05, 0) is 54.7 Å². The van der Waals surface area contributed by atoms with Gasteiger partial charge in [0, 0.05) is 18.2 Å². The summed E-state index contributed by atoms with van der Waals surface area (Å²) in [6.45, 7) is 2.95. The predicted octanol–water partition coefficient (Wildman–Crippen LogP) is 4.06. The van der Waals surface area contributed by atoms with Crippen LogP contribution in [0.25, 0.3) is 11.1 Å². The Hall–Kier alpha value is -1.87. The number of rotatable bonds is 5. The second-order valence-electron chi connectivity index (χ2n) is 5.65. The van der Waals surface area contributed by atoms with Gasteiger partial charge in [0.25, 0.3) is 0 Å². The summed E-state index contributed by atoms with van der Waals surface area (Å²) >= 11 is 0. The van der Waals surface area contributed by atoms with Crippen LogP contribution >= 0.6 is 0 Å². The lowest BCUT2D eigenvalue weighted by atomic mass is 9.97. The van der Waals surface area contributed by atoms with Crippen LogP contribution in [0, 0.1) is 12.7 Å². The summed E-state index contributed by atoms with van der Waals surface area (Å²) < 4.78 is 18.9. The summed E-state index contributed by atoms with van der Waals surface area (Å²) in [5, 5.41) is 3.51. The third-order valence-electron chi connectivity index (χ3n) is 3.91. The number of methoxy groups -OCH3 is 1. The normalized spacial score (nSPS) is 14.2. The molecule has 1 N–H and O–H groups in total. The molecule has 0 aromatic heterocycles. The van der Waals surface area contributed by atoms with Crippen molar-refractivity contribution in [1.82, 2.24) is 5.32 Å². The second kappa shape index (κ2) is 5.86. The Balaban J connectivity index is 1.89. The van der Waals surface area contributed by atoms with E-state index >= 15 is 0 Å². The van der Waals surface area contributed by atoms with Gasteiger partial charge in [0.2, 0.25) is 0 Å². The molecule has 0 heterocycles. The zero-order valence-electron chi connectivity index (χ0n) is 12.4. The zero-order chi connectivity index (χ0) is 14.8. The number of hydrogen-bond donors (Lipinski definition) is 1. The maximum Gasteiger partial charge on any atom is 0.126 e. The largest absolute Gasteiger partial charge is 0.496 e. The standard InChI is InChI=1S/C18H20FNO/c1-12-9-13(11-20-15-5-6-15)3-7-16(12)17-10-14(19)4-8-18(17)21-2/h3-4,7-10,15,20H,5-6,11H2,1-2H3. The van der Waals surface area contributed by atoms with Crippen molar-refractivity contribution >= 4 is 0 Å². The lowest BCUT2D eigenvalue weighted by Gasteiger charge is -2.13. The molecule has 110 valence electrons. The van der Waals surface area contributed by atoms with E-state index in [1.165, 1.54) is 30.5 Å². The molecular weight excluding hydrogens is 265 g/mol. The van der Waals surface area contributed by atoms with E-state index < -0.39 is 0 Å². The number of nitrogens with one attached hydrogen (secondary N) is 1. The number of hydrogen-bond acceptors (Lipinski definition) is 2. The summed E-state index contributed by atoms with van der Waals surface area (Å²) in [5.41, 5.74) is 4.21.